The average Bonchev–Trinajstić information content (AvgIpc) is 3.12. The topological polar surface area (TPSA) is 0 Å². The Bertz CT molecular complexity index is 2070. The van der Waals surface area contributed by atoms with Crippen LogP contribution in [0.3, 0.4) is 0 Å². The minimum absolute atomic E-state index is 0.118. The van der Waals surface area contributed by atoms with Gasteiger partial charge in [-0.1, -0.05) is 185 Å². The first-order chi connectivity index (χ1) is 22.5. The molecule has 0 unspecified atom stereocenters. The van der Waals surface area contributed by atoms with Crippen molar-refractivity contribution in [3.63, 3.8) is 0 Å². The van der Waals surface area contributed by atoms with Crippen LogP contribution >= 0.6 is 0 Å². The molecule has 7 aromatic carbocycles. The first-order valence-corrected chi connectivity index (χ1v) is 16.1. The number of benzene rings is 7. The van der Waals surface area contributed by atoms with E-state index in [1.807, 2.05) is 0 Å². The maximum absolute atomic E-state index is 2.42. The van der Waals surface area contributed by atoms with Crippen molar-refractivity contribution >= 4 is 0 Å². The lowest BCUT2D eigenvalue weighted by atomic mass is 9.78. The fourth-order valence-electron chi connectivity index (χ4n) is 6.49. The maximum Gasteiger partial charge on any atom is -0.00143 e. The standard InChI is InChI=1S/C46H38/c1-46(2,3)40-29-27-33(28-30-40)38-25-16-26-39(31-38)42-32-41(34-17-8-4-9-18-34)43(35-19-10-5-11-20-35)45(37-23-14-7-15-24-37)44(42)36-21-12-6-13-22-36/h4-32H,1-3H3. The highest BCUT2D eigenvalue weighted by atomic mass is 14.3. The molecule has 7 aromatic rings. The Hall–Kier alpha value is -5.46. The lowest BCUT2D eigenvalue weighted by Gasteiger charge is -2.24. The van der Waals surface area contributed by atoms with Gasteiger partial charge in [0.1, 0.15) is 0 Å². The van der Waals surface area contributed by atoms with Crippen LogP contribution in [0.15, 0.2) is 176 Å². The van der Waals surface area contributed by atoms with Gasteiger partial charge in [-0.15, -0.1) is 0 Å². The molecule has 0 nitrogen and oxygen atoms in total. The molecule has 0 spiro atoms. The fourth-order valence-corrected chi connectivity index (χ4v) is 6.49. The molecular formula is C46H38. The van der Waals surface area contributed by atoms with Crippen LogP contribution in [0.5, 0.6) is 0 Å². The van der Waals surface area contributed by atoms with E-state index < -0.39 is 0 Å². The highest BCUT2D eigenvalue weighted by Crippen LogP contribution is 2.50. The van der Waals surface area contributed by atoms with Crippen LogP contribution in [-0.4, -0.2) is 0 Å². The number of hydrogen-bond acceptors (Lipinski definition) is 0. The summed E-state index contributed by atoms with van der Waals surface area (Å²) in [6.07, 6.45) is 0. The van der Waals surface area contributed by atoms with Crippen LogP contribution in [-0.2, 0) is 5.41 Å². The molecule has 0 aromatic heterocycles. The normalized spacial score (nSPS) is 11.4. The molecule has 0 aliphatic heterocycles. The molecule has 0 heteroatoms. The average molecular weight is 591 g/mol. The Morgan fingerprint density at radius 1 is 0.283 bits per heavy atom. The molecule has 0 N–H and O–H groups in total. The van der Waals surface area contributed by atoms with Gasteiger partial charge in [0.2, 0.25) is 0 Å². The zero-order chi connectivity index (χ0) is 31.5. The molecule has 0 heterocycles. The van der Waals surface area contributed by atoms with Crippen LogP contribution in [0, 0.1) is 0 Å². The third-order valence-corrected chi connectivity index (χ3v) is 8.86. The summed E-state index contributed by atoms with van der Waals surface area (Å²) in [4.78, 5) is 0. The van der Waals surface area contributed by atoms with Gasteiger partial charge in [-0.25, -0.2) is 0 Å². The van der Waals surface area contributed by atoms with E-state index in [1.165, 1.54) is 72.3 Å². The minimum atomic E-state index is 0.118. The molecule has 222 valence electrons. The van der Waals surface area contributed by atoms with E-state index in [0.29, 0.717) is 0 Å². The lowest BCUT2D eigenvalue weighted by Crippen LogP contribution is -2.10. The highest BCUT2D eigenvalue weighted by molar-refractivity contribution is 6.07. The van der Waals surface area contributed by atoms with Crippen LogP contribution < -0.4 is 0 Å². The van der Waals surface area contributed by atoms with E-state index >= 15 is 0 Å². The van der Waals surface area contributed by atoms with E-state index in [4.69, 9.17) is 0 Å². The van der Waals surface area contributed by atoms with Gasteiger partial charge in [0.15, 0.2) is 0 Å². The summed E-state index contributed by atoms with van der Waals surface area (Å²) in [7, 11) is 0. The molecule has 0 aliphatic carbocycles. The molecule has 0 fully saturated rings. The van der Waals surface area contributed by atoms with Crippen molar-refractivity contribution in [2.75, 3.05) is 0 Å². The van der Waals surface area contributed by atoms with Crippen molar-refractivity contribution < 1.29 is 0 Å². The predicted octanol–water partition coefficient (Wildman–Crippen LogP) is 13.0. The number of hydrogen-bond donors (Lipinski definition) is 0. The summed E-state index contributed by atoms with van der Waals surface area (Å²) < 4.78 is 0. The molecule has 7 rings (SSSR count). The first-order valence-electron chi connectivity index (χ1n) is 16.1. The molecule has 0 aliphatic rings. The smallest absolute Gasteiger partial charge is 0.00143 e. The van der Waals surface area contributed by atoms with Crippen molar-refractivity contribution in [2.24, 2.45) is 0 Å². The van der Waals surface area contributed by atoms with Gasteiger partial charge in [-0.3, -0.25) is 0 Å². The fraction of sp³-hybridized carbons (Fsp3) is 0.0870. The summed E-state index contributed by atoms with van der Waals surface area (Å²) in [6, 6.07) is 64.0. The van der Waals surface area contributed by atoms with Crippen molar-refractivity contribution in [3.05, 3.63) is 181 Å². The summed E-state index contributed by atoms with van der Waals surface area (Å²) in [5.41, 5.74) is 16.1. The Kier molecular flexibility index (Phi) is 7.95. The molecule has 0 radical (unpaired) electrons. The SMILES string of the molecule is CC(C)(C)c1ccc(-c2cccc(-c3cc(-c4ccccc4)c(-c4ccccc4)c(-c4ccccc4)c3-c3ccccc3)c2)cc1. The van der Waals surface area contributed by atoms with Crippen molar-refractivity contribution in [1.82, 2.24) is 0 Å². The van der Waals surface area contributed by atoms with E-state index in [1.54, 1.807) is 0 Å². The van der Waals surface area contributed by atoms with E-state index in [-0.39, 0.29) is 5.41 Å². The third-order valence-electron chi connectivity index (χ3n) is 8.86. The van der Waals surface area contributed by atoms with Crippen molar-refractivity contribution in [1.29, 1.82) is 0 Å². The van der Waals surface area contributed by atoms with Crippen molar-refractivity contribution in [2.45, 2.75) is 26.2 Å². The maximum atomic E-state index is 2.42. The quantitative estimate of drug-likeness (QED) is 0.181. The zero-order valence-corrected chi connectivity index (χ0v) is 26.7. The molecule has 0 saturated carbocycles. The molecule has 0 saturated heterocycles. The highest BCUT2D eigenvalue weighted by Gasteiger charge is 2.23. The Labute approximate surface area is 273 Å². The van der Waals surface area contributed by atoms with Gasteiger partial charge in [0.05, 0.1) is 0 Å². The minimum Gasteiger partial charge on any atom is -0.0622 e. The van der Waals surface area contributed by atoms with Gasteiger partial charge in [0, 0.05) is 0 Å². The monoisotopic (exact) mass is 590 g/mol. The number of rotatable bonds is 6. The molecular weight excluding hydrogens is 553 g/mol. The van der Waals surface area contributed by atoms with Gasteiger partial charge in [-0.2, -0.15) is 0 Å². The second-order valence-electron chi connectivity index (χ2n) is 13.0. The van der Waals surface area contributed by atoms with Gasteiger partial charge < -0.3 is 0 Å². The molecule has 0 amide bonds. The summed E-state index contributed by atoms with van der Waals surface area (Å²) >= 11 is 0. The largest absolute Gasteiger partial charge is 0.0622 e. The van der Waals surface area contributed by atoms with Crippen LogP contribution in [0.25, 0.3) is 66.8 Å². The van der Waals surface area contributed by atoms with Gasteiger partial charge >= 0.3 is 0 Å². The van der Waals surface area contributed by atoms with E-state index in [0.717, 1.165) is 0 Å². The third kappa shape index (κ3) is 5.83. The van der Waals surface area contributed by atoms with Gasteiger partial charge in [0.25, 0.3) is 0 Å². The second-order valence-corrected chi connectivity index (χ2v) is 13.0. The molecule has 0 bridgehead atoms. The van der Waals surface area contributed by atoms with Gasteiger partial charge in [-0.05, 0) is 89.9 Å². The van der Waals surface area contributed by atoms with Crippen molar-refractivity contribution in [3.8, 4) is 66.8 Å². The lowest BCUT2D eigenvalue weighted by molar-refractivity contribution is 0.590. The Balaban J connectivity index is 1.57. The molecule has 0 atom stereocenters. The van der Waals surface area contributed by atoms with Crippen LogP contribution in [0.4, 0.5) is 0 Å². The second kappa shape index (κ2) is 12.5. The summed E-state index contributed by atoms with van der Waals surface area (Å²) in [5, 5.41) is 0. The van der Waals surface area contributed by atoms with Crippen LogP contribution in [0.2, 0.25) is 0 Å². The zero-order valence-electron chi connectivity index (χ0n) is 26.7. The summed E-state index contributed by atoms with van der Waals surface area (Å²) in [5.74, 6) is 0. The Morgan fingerprint density at radius 2 is 0.674 bits per heavy atom. The predicted molar refractivity (Wildman–Crippen MR) is 198 cm³/mol. The van der Waals surface area contributed by atoms with E-state index in [2.05, 4.69) is 197 Å². The van der Waals surface area contributed by atoms with E-state index in [9.17, 15) is 0 Å². The first kappa shape index (κ1) is 29.3. The Morgan fingerprint density at radius 3 is 1.15 bits per heavy atom. The van der Waals surface area contributed by atoms with Crippen LogP contribution in [0.1, 0.15) is 26.3 Å². The summed E-state index contributed by atoms with van der Waals surface area (Å²) in [6.45, 7) is 6.80. The molecule has 46 heavy (non-hydrogen) atoms.